The van der Waals surface area contributed by atoms with Crippen LogP contribution < -0.4 is 5.32 Å². The predicted molar refractivity (Wildman–Crippen MR) is 120 cm³/mol. The Labute approximate surface area is 177 Å². The van der Waals surface area contributed by atoms with Crippen LogP contribution in [0.4, 0.5) is 0 Å². The highest BCUT2D eigenvalue weighted by Crippen LogP contribution is 2.17. The summed E-state index contributed by atoms with van der Waals surface area (Å²) in [5.74, 6) is 0.788. The molecule has 0 saturated carbocycles. The third-order valence-electron chi connectivity index (χ3n) is 5.40. The first-order valence-corrected chi connectivity index (χ1v) is 10.5. The first-order valence-electron chi connectivity index (χ1n) is 10.5. The van der Waals surface area contributed by atoms with E-state index in [-0.39, 0.29) is 18.4 Å². The number of likely N-dealkylation sites (N-methyl/N-ethyl adjacent to an activating group) is 1. The van der Waals surface area contributed by atoms with Crippen molar-refractivity contribution in [2.45, 2.75) is 40.7 Å². The van der Waals surface area contributed by atoms with Gasteiger partial charge in [0.15, 0.2) is 0 Å². The van der Waals surface area contributed by atoms with Crippen LogP contribution >= 0.6 is 0 Å². The number of aromatic nitrogens is 2. The zero-order chi connectivity index (χ0) is 21.7. The van der Waals surface area contributed by atoms with Gasteiger partial charge >= 0.3 is 0 Å². The Morgan fingerprint density at radius 2 is 1.80 bits per heavy atom. The summed E-state index contributed by atoms with van der Waals surface area (Å²) in [6.45, 7) is 10.00. The molecule has 6 heteroatoms. The molecule has 3 aromatic rings. The number of carbonyl (C=O) groups excluding carboxylic acids is 2. The van der Waals surface area contributed by atoms with E-state index < -0.39 is 0 Å². The minimum absolute atomic E-state index is 0.0729. The number of imidazole rings is 1. The lowest BCUT2D eigenvalue weighted by Gasteiger charge is -2.20. The van der Waals surface area contributed by atoms with Gasteiger partial charge in [0.2, 0.25) is 5.91 Å². The van der Waals surface area contributed by atoms with E-state index in [0.717, 1.165) is 28.0 Å². The molecular weight excluding hydrogens is 376 g/mol. The standard InChI is InChI=1S/C24H30N4O2/c1-5-27(6-2)23(29)16-28-21-10-8-7-9-20(21)26-22(28)13-14-25-24(30)19-12-11-17(3)15-18(19)4/h7-12,15H,5-6,13-14,16H2,1-4H3,(H,25,30). The lowest BCUT2D eigenvalue weighted by atomic mass is 10.1. The summed E-state index contributed by atoms with van der Waals surface area (Å²) >= 11 is 0. The summed E-state index contributed by atoms with van der Waals surface area (Å²) in [4.78, 5) is 31.8. The minimum Gasteiger partial charge on any atom is -0.352 e. The third-order valence-corrected chi connectivity index (χ3v) is 5.40. The van der Waals surface area contributed by atoms with E-state index in [0.29, 0.717) is 31.6 Å². The van der Waals surface area contributed by atoms with Gasteiger partial charge < -0.3 is 14.8 Å². The van der Waals surface area contributed by atoms with Gasteiger partial charge in [-0.05, 0) is 51.5 Å². The number of nitrogens with zero attached hydrogens (tertiary/aromatic N) is 3. The topological polar surface area (TPSA) is 67.2 Å². The average molecular weight is 407 g/mol. The lowest BCUT2D eigenvalue weighted by Crippen LogP contribution is -2.34. The Morgan fingerprint density at radius 1 is 1.07 bits per heavy atom. The van der Waals surface area contributed by atoms with Crippen LogP contribution in [0.5, 0.6) is 0 Å². The van der Waals surface area contributed by atoms with E-state index in [2.05, 4.69) is 5.32 Å². The molecule has 6 nitrogen and oxygen atoms in total. The largest absolute Gasteiger partial charge is 0.352 e. The summed E-state index contributed by atoms with van der Waals surface area (Å²) in [5.41, 5.74) is 4.58. The van der Waals surface area contributed by atoms with Crippen LogP contribution in [0.3, 0.4) is 0 Å². The molecule has 0 unspecified atom stereocenters. The van der Waals surface area contributed by atoms with Gasteiger partial charge in [0.1, 0.15) is 12.4 Å². The number of aryl methyl sites for hydroxylation is 2. The van der Waals surface area contributed by atoms with Crippen molar-refractivity contribution in [1.82, 2.24) is 19.8 Å². The molecule has 2 aromatic carbocycles. The van der Waals surface area contributed by atoms with Crippen LogP contribution in [0.2, 0.25) is 0 Å². The highest BCUT2D eigenvalue weighted by Gasteiger charge is 2.17. The Bertz CT molecular complexity index is 1050. The van der Waals surface area contributed by atoms with Gasteiger partial charge in [-0.25, -0.2) is 4.98 Å². The Balaban J connectivity index is 1.75. The van der Waals surface area contributed by atoms with Crippen LogP contribution in [-0.2, 0) is 17.8 Å². The second kappa shape index (κ2) is 9.57. The van der Waals surface area contributed by atoms with Crippen molar-refractivity contribution >= 4 is 22.8 Å². The molecule has 0 fully saturated rings. The van der Waals surface area contributed by atoms with Crippen LogP contribution in [-0.4, -0.2) is 45.9 Å². The van der Waals surface area contributed by atoms with Gasteiger partial charge in [-0.15, -0.1) is 0 Å². The number of fused-ring (bicyclic) bond motifs is 1. The van der Waals surface area contributed by atoms with Gasteiger partial charge in [-0.1, -0.05) is 29.8 Å². The maximum Gasteiger partial charge on any atom is 0.251 e. The molecule has 0 atom stereocenters. The number of carbonyl (C=O) groups is 2. The molecular formula is C24H30N4O2. The SMILES string of the molecule is CCN(CC)C(=O)Cn1c(CCNC(=O)c2ccc(C)cc2C)nc2ccccc21. The number of benzene rings is 2. The van der Waals surface area contributed by atoms with E-state index >= 15 is 0 Å². The van der Waals surface area contributed by atoms with Gasteiger partial charge in [0.05, 0.1) is 11.0 Å². The van der Waals surface area contributed by atoms with Crippen molar-refractivity contribution in [3.63, 3.8) is 0 Å². The molecule has 3 rings (SSSR count). The fourth-order valence-corrected chi connectivity index (χ4v) is 3.76. The summed E-state index contributed by atoms with van der Waals surface area (Å²) in [6.07, 6.45) is 0.552. The maximum absolute atomic E-state index is 12.7. The normalized spacial score (nSPS) is 10.9. The van der Waals surface area contributed by atoms with Gasteiger partial charge in [-0.3, -0.25) is 9.59 Å². The average Bonchev–Trinajstić information content (AvgIpc) is 3.06. The first-order chi connectivity index (χ1) is 14.4. The van der Waals surface area contributed by atoms with Crippen molar-refractivity contribution < 1.29 is 9.59 Å². The lowest BCUT2D eigenvalue weighted by molar-refractivity contribution is -0.131. The molecule has 0 spiro atoms. The molecule has 0 radical (unpaired) electrons. The fraction of sp³-hybridized carbons (Fsp3) is 0.375. The predicted octanol–water partition coefficient (Wildman–Crippen LogP) is 3.49. The molecule has 0 bridgehead atoms. The van der Waals surface area contributed by atoms with Gasteiger partial charge in [0, 0.05) is 31.6 Å². The number of hydrogen-bond acceptors (Lipinski definition) is 3. The van der Waals surface area contributed by atoms with E-state index in [4.69, 9.17) is 4.98 Å². The van der Waals surface area contributed by atoms with Crippen LogP contribution in [0.1, 0.15) is 41.2 Å². The molecule has 30 heavy (non-hydrogen) atoms. The van der Waals surface area contributed by atoms with Crippen LogP contribution in [0.25, 0.3) is 11.0 Å². The van der Waals surface area contributed by atoms with E-state index in [1.165, 1.54) is 0 Å². The monoisotopic (exact) mass is 406 g/mol. The van der Waals surface area contributed by atoms with Crippen LogP contribution in [0, 0.1) is 13.8 Å². The van der Waals surface area contributed by atoms with Crippen LogP contribution in [0.15, 0.2) is 42.5 Å². The number of amides is 2. The summed E-state index contributed by atoms with van der Waals surface area (Å²) < 4.78 is 1.97. The zero-order valence-electron chi connectivity index (χ0n) is 18.2. The molecule has 0 aliphatic rings. The summed E-state index contributed by atoms with van der Waals surface area (Å²) in [7, 11) is 0. The molecule has 0 aliphatic heterocycles. The first kappa shape index (κ1) is 21.6. The zero-order valence-corrected chi connectivity index (χ0v) is 18.2. The van der Waals surface area contributed by atoms with Crippen molar-refractivity contribution in [3.05, 3.63) is 65.0 Å². The third kappa shape index (κ3) is 4.70. The number of nitrogens with one attached hydrogen (secondary N) is 1. The highest BCUT2D eigenvalue weighted by molar-refractivity contribution is 5.95. The van der Waals surface area contributed by atoms with E-state index in [1.807, 2.05) is 79.6 Å². The van der Waals surface area contributed by atoms with E-state index in [9.17, 15) is 9.59 Å². The minimum atomic E-state index is -0.0885. The Hall–Kier alpha value is -3.15. The summed E-state index contributed by atoms with van der Waals surface area (Å²) in [6, 6.07) is 13.6. The molecule has 2 amide bonds. The molecule has 158 valence electrons. The second-order valence-corrected chi connectivity index (χ2v) is 7.49. The maximum atomic E-state index is 12.7. The van der Waals surface area contributed by atoms with Crippen molar-refractivity contribution in [1.29, 1.82) is 0 Å². The number of para-hydroxylation sites is 2. The Kier molecular flexibility index (Phi) is 6.87. The Morgan fingerprint density at radius 3 is 2.50 bits per heavy atom. The highest BCUT2D eigenvalue weighted by atomic mass is 16.2. The summed E-state index contributed by atoms with van der Waals surface area (Å²) in [5, 5.41) is 2.99. The molecule has 1 aromatic heterocycles. The number of hydrogen-bond donors (Lipinski definition) is 1. The smallest absolute Gasteiger partial charge is 0.251 e. The molecule has 1 N–H and O–H groups in total. The molecule has 0 saturated heterocycles. The molecule has 1 heterocycles. The van der Waals surface area contributed by atoms with Crippen molar-refractivity contribution in [3.8, 4) is 0 Å². The molecule has 0 aliphatic carbocycles. The van der Waals surface area contributed by atoms with Gasteiger partial charge in [0.25, 0.3) is 5.91 Å². The van der Waals surface area contributed by atoms with Crippen molar-refractivity contribution in [2.75, 3.05) is 19.6 Å². The van der Waals surface area contributed by atoms with Crippen molar-refractivity contribution in [2.24, 2.45) is 0 Å². The second-order valence-electron chi connectivity index (χ2n) is 7.49. The fourth-order valence-electron chi connectivity index (χ4n) is 3.76. The van der Waals surface area contributed by atoms with E-state index in [1.54, 1.807) is 0 Å². The number of rotatable bonds is 8. The van der Waals surface area contributed by atoms with Gasteiger partial charge in [-0.2, -0.15) is 0 Å². The quantitative estimate of drug-likeness (QED) is 0.623.